The number of aromatic nitrogens is 2. The zero-order chi connectivity index (χ0) is 16.2. The van der Waals surface area contributed by atoms with Crippen LogP contribution in [0.15, 0.2) is 28.2 Å². The fraction of sp³-hybridized carbons (Fsp3) is 0.500. The average Bonchev–Trinajstić information content (AvgIpc) is 2.99. The molecular weight excluding hydrogens is 376 g/mol. The number of ether oxygens (including phenoxy) is 1. The highest BCUT2D eigenvalue weighted by molar-refractivity contribution is 9.11. The zero-order valence-corrected chi connectivity index (χ0v) is 15.8. The van der Waals surface area contributed by atoms with Gasteiger partial charge in [-0.3, -0.25) is 4.90 Å². The monoisotopic (exact) mass is 396 g/mol. The second kappa shape index (κ2) is 7.59. The van der Waals surface area contributed by atoms with Crippen molar-refractivity contribution in [1.29, 1.82) is 0 Å². The molecule has 124 valence electrons. The van der Waals surface area contributed by atoms with Crippen LogP contribution in [0.3, 0.4) is 0 Å². The Kier molecular flexibility index (Phi) is 5.50. The molecule has 0 aliphatic carbocycles. The van der Waals surface area contributed by atoms with Crippen molar-refractivity contribution in [3.8, 4) is 5.88 Å². The first kappa shape index (κ1) is 16.7. The van der Waals surface area contributed by atoms with E-state index in [4.69, 9.17) is 4.74 Å². The SMILES string of the molecule is COc1ccnc(N(C)C2CCCN(Cc3ccc(Br)s3)C2)n1. The Morgan fingerprint density at radius 3 is 3.04 bits per heavy atom. The van der Waals surface area contributed by atoms with Gasteiger partial charge in [-0.2, -0.15) is 4.98 Å². The third-order valence-electron chi connectivity index (χ3n) is 4.18. The first-order chi connectivity index (χ1) is 11.2. The molecule has 0 N–H and O–H groups in total. The molecule has 3 heterocycles. The van der Waals surface area contributed by atoms with Gasteiger partial charge in [0.05, 0.1) is 10.9 Å². The summed E-state index contributed by atoms with van der Waals surface area (Å²) in [6.07, 6.45) is 4.12. The molecule has 1 unspecified atom stereocenters. The Morgan fingerprint density at radius 1 is 1.43 bits per heavy atom. The second-order valence-corrected chi connectivity index (χ2v) is 8.29. The average molecular weight is 397 g/mol. The van der Waals surface area contributed by atoms with Gasteiger partial charge in [0.25, 0.3) is 0 Å². The summed E-state index contributed by atoms with van der Waals surface area (Å²) in [5, 5.41) is 0. The lowest BCUT2D eigenvalue weighted by atomic mass is 10.0. The molecule has 1 fully saturated rings. The van der Waals surface area contributed by atoms with Crippen molar-refractivity contribution in [2.24, 2.45) is 0 Å². The number of thiophene rings is 1. The molecule has 7 heteroatoms. The molecule has 2 aromatic heterocycles. The molecule has 0 aromatic carbocycles. The van der Waals surface area contributed by atoms with Crippen LogP contribution >= 0.6 is 27.3 Å². The van der Waals surface area contributed by atoms with E-state index in [1.807, 2.05) is 11.3 Å². The highest BCUT2D eigenvalue weighted by Gasteiger charge is 2.25. The van der Waals surface area contributed by atoms with Crippen LogP contribution in [0.25, 0.3) is 0 Å². The lowest BCUT2D eigenvalue weighted by Gasteiger charge is -2.37. The summed E-state index contributed by atoms with van der Waals surface area (Å²) in [4.78, 5) is 14.9. The van der Waals surface area contributed by atoms with Crippen molar-refractivity contribution in [3.63, 3.8) is 0 Å². The van der Waals surface area contributed by atoms with Gasteiger partial charge in [-0.05, 0) is 47.4 Å². The van der Waals surface area contributed by atoms with Gasteiger partial charge in [0, 0.05) is 43.3 Å². The second-order valence-electron chi connectivity index (χ2n) is 5.75. The maximum Gasteiger partial charge on any atom is 0.228 e. The fourth-order valence-corrected chi connectivity index (χ4v) is 4.45. The van der Waals surface area contributed by atoms with E-state index in [2.05, 4.69) is 54.9 Å². The van der Waals surface area contributed by atoms with Gasteiger partial charge in [-0.1, -0.05) is 0 Å². The fourth-order valence-electron chi connectivity index (χ4n) is 2.93. The predicted molar refractivity (Wildman–Crippen MR) is 97.3 cm³/mol. The molecule has 0 bridgehead atoms. The number of hydrogen-bond donors (Lipinski definition) is 0. The number of anilines is 1. The maximum absolute atomic E-state index is 5.20. The Labute approximate surface area is 149 Å². The summed E-state index contributed by atoms with van der Waals surface area (Å²) >= 11 is 5.35. The largest absolute Gasteiger partial charge is 0.481 e. The summed E-state index contributed by atoms with van der Waals surface area (Å²) in [6, 6.07) is 6.53. The standard InChI is InChI=1S/C16H21BrN4OS/c1-20(16-18-8-7-15(19-16)22-2)12-4-3-9-21(10-12)11-13-5-6-14(17)23-13/h5-8,12H,3-4,9-11H2,1-2H3. The molecule has 0 radical (unpaired) electrons. The van der Waals surface area contributed by atoms with Crippen molar-refractivity contribution in [2.75, 3.05) is 32.1 Å². The third kappa shape index (κ3) is 4.22. The minimum absolute atomic E-state index is 0.430. The summed E-state index contributed by atoms with van der Waals surface area (Å²) in [6.45, 7) is 3.20. The number of methoxy groups -OCH3 is 1. The Hall–Kier alpha value is -1.18. The normalized spacial score (nSPS) is 18.8. The summed E-state index contributed by atoms with van der Waals surface area (Å²) in [5.41, 5.74) is 0. The van der Waals surface area contributed by atoms with Crippen LogP contribution in [-0.4, -0.2) is 48.2 Å². The summed E-state index contributed by atoms with van der Waals surface area (Å²) in [7, 11) is 3.71. The highest BCUT2D eigenvalue weighted by Crippen LogP contribution is 2.26. The van der Waals surface area contributed by atoms with Crippen molar-refractivity contribution >= 4 is 33.2 Å². The Morgan fingerprint density at radius 2 is 2.30 bits per heavy atom. The van der Waals surface area contributed by atoms with Gasteiger partial charge in [0.15, 0.2) is 0 Å². The van der Waals surface area contributed by atoms with Crippen molar-refractivity contribution in [3.05, 3.63) is 33.1 Å². The molecular formula is C16H21BrN4OS. The van der Waals surface area contributed by atoms with E-state index in [1.165, 1.54) is 21.5 Å². The minimum Gasteiger partial charge on any atom is -0.481 e. The van der Waals surface area contributed by atoms with E-state index < -0.39 is 0 Å². The quantitative estimate of drug-likeness (QED) is 0.774. The topological polar surface area (TPSA) is 41.5 Å². The Balaban J connectivity index is 1.65. The van der Waals surface area contributed by atoms with Crippen LogP contribution in [-0.2, 0) is 6.54 Å². The van der Waals surface area contributed by atoms with Crippen molar-refractivity contribution in [1.82, 2.24) is 14.9 Å². The molecule has 0 saturated carbocycles. The van der Waals surface area contributed by atoms with Gasteiger partial charge < -0.3 is 9.64 Å². The van der Waals surface area contributed by atoms with Crippen molar-refractivity contribution < 1.29 is 4.74 Å². The lowest BCUT2D eigenvalue weighted by Crippen LogP contribution is -2.46. The van der Waals surface area contributed by atoms with Crippen LogP contribution in [0.1, 0.15) is 17.7 Å². The van der Waals surface area contributed by atoms with Crippen LogP contribution in [0.5, 0.6) is 5.88 Å². The number of hydrogen-bond acceptors (Lipinski definition) is 6. The number of likely N-dealkylation sites (tertiary alicyclic amines) is 1. The number of piperidine rings is 1. The van der Waals surface area contributed by atoms with Gasteiger partial charge in [0.2, 0.25) is 11.8 Å². The number of likely N-dealkylation sites (N-methyl/N-ethyl adjacent to an activating group) is 1. The molecule has 1 aliphatic heterocycles. The van der Waals surface area contributed by atoms with E-state index in [0.29, 0.717) is 11.9 Å². The summed E-state index contributed by atoms with van der Waals surface area (Å²) < 4.78 is 6.40. The van der Waals surface area contributed by atoms with Gasteiger partial charge in [-0.15, -0.1) is 11.3 Å². The van der Waals surface area contributed by atoms with Crippen LogP contribution in [0.2, 0.25) is 0 Å². The molecule has 5 nitrogen and oxygen atoms in total. The minimum atomic E-state index is 0.430. The molecule has 23 heavy (non-hydrogen) atoms. The van der Waals surface area contributed by atoms with E-state index in [0.717, 1.165) is 25.6 Å². The van der Waals surface area contributed by atoms with E-state index in [1.54, 1.807) is 19.4 Å². The van der Waals surface area contributed by atoms with E-state index >= 15 is 0 Å². The van der Waals surface area contributed by atoms with Crippen LogP contribution in [0, 0.1) is 0 Å². The van der Waals surface area contributed by atoms with Crippen LogP contribution < -0.4 is 9.64 Å². The smallest absolute Gasteiger partial charge is 0.228 e. The molecule has 0 spiro atoms. The molecule has 2 aromatic rings. The first-order valence-corrected chi connectivity index (χ1v) is 9.33. The lowest BCUT2D eigenvalue weighted by molar-refractivity contribution is 0.199. The Bertz CT molecular complexity index is 651. The molecule has 1 atom stereocenters. The van der Waals surface area contributed by atoms with E-state index in [-0.39, 0.29) is 0 Å². The number of halogens is 1. The van der Waals surface area contributed by atoms with Gasteiger partial charge >= 0.3 is 0 Å². The van der Waals surface area contributed by atoms with Crippen LogP contribution in [0.4, 0.5) is 5.95 Å². The first-order valence-electron chi connectivity index (χ1n) is 7.72. The molecule has 0 amide bonds. The predicted octanol–water partition coefficient (Wildman–Crippen LogP) is 3.41. The summed E-state index contributed by atoms with van der Waals surface area (Å²) in [5.74, 6) is 1.34. The zero-order valence-electron chi connectivity index (χ0n) is 13.4. The molecule has 3 rings (SSSR count). The van der Waals surface area contributed by atoms with Crippen molar-refractivity contribution in [2.45, 2.75) is 25.4 Å². The van der Waals surface area contributed by atoms with E-state index in [9.17, 15) is 0 Å². The maximum atomic E-state index is 5.20. The third-order valence-corrected chi connectivity index (χ3v) is 5.79. The van der Waals surface area contributed by atoms with Gasteiger partial charge in [-0.25, -0.2) is 4.98 Å². The highest BCUT2D eigenvalue weighted by atomic mass is 79.9. The molecule has 1 aliphatic rings. The van der Waals surface area contributed by atoms with Gasteiger partial charge in [0.1, 0.15) is 0 Å². The number of rotatable bonds is 5. The number of nitrogens with zero attached hydrogens (tertiary/aromatic N) is 4. The molecule has 1 saturated heterocycles.